The molecule has 0 aromatic carbocycles. The Morgan fingerprint density at radius 1 is 1.22 bits per heavy atom. The van der Waals surface area contributed by atoms with Crippen LogP contribution in [0, 0.1) is 5.92 Å². The summed E-state index contributed by atoms with van der Waals surface area (Å²) in [7, 11) is 4.45. The van der Waals surface area contributed by atoms with Gasteiger partial charge in [-0.25, -0.2) is 0 Å². The van der Waals surface area contributed by atoms with Gasteiger partial charge in [-0.2, -0.15) is 0 Å². The third-order valence-electron chi connectivity index (χ3n) is 4.59. The summed E-state index contributed by atoms with van der Waals surface area (Å²) >= 11 is 0. The van der Waals surface area contributed by atoms with E-state index in [1.807, 2.05) is 0 Å². The molecular formula is C15H31N3. The molecule has 0 aromatic heterocycles. The molecule has 2 fully saturated rings. The lowest BCUT2D eigenvalue weighted by Gasteiger charge is -2.42. The van der Waals surface area contributed by atoms with Crippen molar-refractivity contribution in [1.29, 1.82) is 0 Å². The standard InChI is InChI=1S/C15H31N3/c1-12(2)15(10-16-13-7-8-13)18-9-5-6-14(11-18)17(3)4/h12-16H,5-11H2,1-4H3. The fourth-order valence-corrected chi connectivity index (χ4v) is 3.07. The summed E-state index contributed by atoms with van der Waals surface area (Å²) < 4.78 is 0. The molecule has 0 amide bonds. The van der Waals surface area contributed by atoms with E-state index in [1.165, 1.54) is 45.3 Å². The fraction of sp³-hybridized carbons (Fsp3) is 1.00. The van der Waals surface area contributed by atoms with Crippen molar-refractivity contribution in [2.45, 2.75) is 57.7 Å². The summed E-state index contributed by atoms with van der Waals surface area (Å²) in [5.74, 6) is 0.747. The van der Waals surface area contributed by atoms with Crippen LogP contribution in [0.1, 0.15) is 39.5 Å². The van der Waals surface area contributed by atoms with Gasteiger partial charge in [-0.1, -0.05) is 13.8 Å². The van der Waals surface area contributed by atoms with Crippen LogP contribution < -0.4 is 5.32 Å². The molecule has 3 heteroatoms. The Morgan fingerprint density at radius 3 is 2.50 bits per heavy atom. The van der Waals surface area contributed by atoms with E-state index in [9.17, 15) is 0 Å². The quantitative estimate of drug-likeness (QED) is 0.778. The molecule has 1 saturated carbocycles. The monoisotopic (exact) mass is 253 g/mol. The highest BCUT2D eigenvalue weighted by atomic mass is 15.2. The molecule has 1 aliphatic carbocycles. The van der Waals surface area contributed by atoms with Crippen molar-refractivity contribution in [3.8, 4) is 0 Å². The Hall–Kier alpha value is -0.120. The lowest BCUT2D eigenvalue weighted by Crippen LogP contribution is -2.53. The summed E-state index contributed by atoms with van der Waals surface area (Å²) in [4.78, 5) is 5.13. The molecule has 0 aromatic rings. The van der Waals surface area contributed by atoms with E-state index >= 15 is 0 Å². The second kappa shape index (κ2) is 6.36. The minimum absolute atomic E-state index is 0.716. The van der Waals surface area contributed by atoms with E-state index in [1.54, 1.807) is 0 Å². The molecular weight excluding hydrogens is 222 g/mol. The minimum Gasteiger partial charge on any atom is -0.312 e. The topological polar surface area (TPSA) is 18.5 Å². The van der Waals surface area contributed by atoms with Crippen LogP contribution in [-0.2, 0) is 0 Å². The predicted octanol–water partition coefficient (Wildman–Crippen LogP) is 1.79. The molecule has 0 spiro atoms. The van der Waals surface area contributed by atoms with Gasteiger partial charge in [0.2, 0.25) is 0 Å². The summed E-state index contributed by atoms with van der Waals surface area (Å²) in [5, 5.41) is 3.72. The Bertz CT molecular complexity index is 248. The van der Waals surface area contributed by atoms with E-state index in [2.05, 4.69) is 43.1 Å². The molecule has 2 aliphatic rings. The lowest BCUT2D eigenvalue weighted by atomic mass is 9.97. The van der Waals surface area contributed by atoms with Gasteiger partial charge in [-0.05, 0) is 52.2 Å². The molecule has 1 aliphatic heterocycles. The van der Waals surface area contributed by atoms with Crippen LogP contribution >= 0.6 is 0 Å². The number of hydrogen-bond donors (Lipinski definition) is 1. The van der Waals surface area contributed by atoms with Crippen LogP contribution in [-0.4, -0.2) is 61.7 Å². The highest BCUT2D eigenvalue weighted by molar-refractivity contribution is 4.88. The fourth-order valence-electron chi connectivity index (χ4n) is 3.07. The van der Waals surface area contributed by atoms with Crippen LogP contribution in [0.25, 0.3) is 0 Å². The Balaban J connectivity index is 1.87. The normalized spacial score (nSPS) is 28.0. The maximum Gasteiger partial charge on any atom is 0.0244 e. The van der Waals surface area contributed by atoms with E-state index in [0.29, 0.717) is 6.04 Å². The van der Waals surface area contributed by atoms with Gasteiger partial charge < -0.3 is 10.2 Å². The molecule has 2 unspecified atom stereocenters. The van der Waals surface area contributed by atoms with Crippen LogP contribution in [0.4, 0.5) is 0 Å². The Labute approximate surface area is 113 Å². The van der Waals surface area contributed by atoms with Gasteiger partial charge in [0.25, 0.3) is 0 Å². The zero-order valence-electron chi connectivity index (χ0n) is 12.7. The smallest absolute Gasteiger partial charge is 0.0244 e. The summed E-state index contributed by atoms with van der Waals surface area (Å²) in [6.45, 7) is 8.47. The van der Waals surface area contributed by atoms with Crippen molar-refractivity contribution in [3.05, 3.63) is 0 Å². The largest absolute Gasteiger partial charge is 0.312 e. The second-order valence-corrected chi connectivity index (χ2v) is 6.75. The first-order valence-corrected chi connectivity index (χ1v) is 7.71. The molecule has 106 valence electrons. The van der Waals surface area contributed by atoms with Gasteiger partial charge in [0.1, 0.15) is 0 Å². The first-order chi connectivity index (χ1) is 8.58. The van der Waals surface area contributed by atoms with Crippen molar-refractivity contribution in [1.82, 2.24) is 15.1 Å². The van der Waals surface area contributed by atoms with Crippen LogP contribution in [0.15, 0.2) is 0 Å². The maximum atomic E-state index is 3.72. The first kappa shape index (κ1) is 14.3. The zero-order valence-corrected chi connectivity index (χ0v) is 12.7. The van der Waals surface area contributed by atoms with Gasteiger partial charge in [0.05, 0.1) is 0 Å². The Kier molecular flexibility index (Phi) is 5.05. The van der Waals surface area contributed by atoms with Crippen LogP contribution in [0.2, 0.25) is 0 Å². The van der Waals surface area contributed by atoms with Crippen molar-refractivity contribution < 1.29 is 0 Å². The number of nitrogens with zero attached hydrogens (tertiary/aromatic N) is 2. The number of hydrogen-bond acceptors (Lipinski definition) is 3. The Morgan fingerprint density at radius 2 is 1.94 bits per heavy atom. The molecule has 2 atom stereocenters. The number of likely N-dealkylation sites (tertiary alicyclic amines) is 1. The third kappa shape index (κ3) is 3.94. The molecule has 1 heterocycles. The SMILES string of the molecule is CC(C)C(CNC1CC1)N1CCCC(N(C)C)C1. The van der Waals surface area contributed by atoms with E-state index in [4.69, 9.17) is 0 Å². The highest BCUT2D eigenvalue weighted by Gasteiger charge is 2.30. The average Bonchev–Trinajstić information content (AvgIpc) is 3.13. The maximum absolute atomic E-state index is 3.72. The van der Waals surface area contributed by atoms with Crippen LogP contribution in [0.5, 0.6) is 0 Å². The second-order valence-electron chi connectivity index (χ2n) is 6.75. The summed E-state index contributed by atoms with van der Waals surface area (Å²) in [6, 6.07) is 2.30. The zero-order chi connectivity index (χ0) is 13.1. The molecule has 18 heavy (non-hydrogen) atoms. The molecule has 1 saturated heterocycles. The average molecular weight is 253 g/mol. The number of likely N-dealkylation sites (N-methyl/N-ethyl adjacent to an activating group) is 1. The van der Waals surface area contributed by atoms with Crippen molar-refractivity contribution in [3.63, 3.8) is 0 Å². The number of nitrogens with one attached hydrogen (secondary N) is 1. The minimum atomic E-state index is 0.716. The van der Waals surface area contributed by atoms with Crippen molar-refractivity contribution >= 4 is 0 Å². The predicted molar refractivity (Wildman–Crippen MR) is 77.9 cm³/mol. The van der Waals surface area contributed by atoms with Gasteiger partial charge in [0, 0.05) is 31.2 Å². The number of rotatable bonds is 6. The van der Waals surface area contributed by atoms with E-state index in [-0.39, 0.29) is 0 Å². The van der Waals surface area contributed by atoms with E-state index in [0.717, 1.165) is 18.0 Å². The molecule has 1 N–H and O–H groups in total. The first-order valence-electron chi connectivity index (χ1n) is 7.71. The summed E-state index contributed by atoms with van der Waals surface area (Å²) in [6.07, 6.45) is 5.51. The molecule has 0 radical (unpaired) electrons. The van der Waals surface area contributed by atoms with E-state index < -0.39 is 0 Å². The highest BCUT2D eigenvalue weighted by Crippen LogP contribution is 2.22. The molecule has 0 bridgehead atoms. The van der Waals surface area contributed by atoms with Gasteiger partial charge in [0.15, 0.2) is 0 Å². The van der Waals surface area contributed by atoms with Crippen molar-refractivity contribution in [2.24, 2.45) is 5.92 Å². The van der Waals surface area contributed by atoms with Gasteiger partial charge >= 0.3 is 0 Å². The lowest BCUT2D eigenvalue weighted by molar-refractivity contribution is 0.0751. The van der Waals surface area contributed by atoms with Gasteiger partial charge in [-0.15, -0.1) is 0 Å². The van der Waals surface area contributed by atoms with Crippen molar-refractivity contribution in [2.75, 3.05) is 33.7 Å². The third-order valence-corrected chi connectivity index (χ3v) is 4.59. The molecule has 2 rings (SSSR count). The number of piperidine rings is 1. The molecule has 3 nitrogen and oxygen atoms in total. The van der Waals surface area contributed by atoms with Gasteiger partial charge in [-0.3, -0.25) is 4.90 Å². The van der Waals surface area contributed by atoms with Crippen LogP contribution in [0.3, 0.4) is 0 Å². The summed E-state index contributed by atoms with van der Waals surface area (Å²) in [5.41, 5.74) is 0.